The Morgan fingerprint density at radius 1 is 1.45 bits per heavy atom. The highest BCUT2D eigenvalue weighted by Crippen LogP contribution is 2.12. The van der Waals surface area contributed by atoms with Gasteiger partial charge in [-0.15, -0.1) is 12.4 Å². The fourth-order valence-electron chi connectivity index (χ4n) is 2.48. The van der Waals surface area contributed by atoms with Gasteiger partial charge in [0.1, 0.15) is 0 Å². The van der Waals surface area contributed by atoms with Gasteiger partial charge in [0.05, 0.1) is 6.54 Å². The molecule has 1 fully saturated rings. The molecular weight excluding hydrogens is 274 g/mol. The topological polar surface area (TPSA) is 44.4 Å². The Kier molecular flexibility index (Phi) is 6.99. The standard InChI is InChI=1S/C15H23N3O.ClH/c1-3-12-5-4-6-13(9-12)17-15(19)11-18-8-7-14(10-18)16-2;/h4-6,9,14,16H,3,7-8,10-11H2,1-2H3,(H,17,19);1H. The van der Waals surface area contributed by atoms with Crippen molar-refractivity contribution in [3.63, 3.8) is 0 Å². The molecule has 5 heteroatoms. The number of rotatable bonds is 5. The summed E-state index contributed by atoms with van der Waals surface area (Å²) in [5.74, 6) is 0.0741. The second kappa shape index (κ2) is 8.25. The molecule has 1 aliphatic heterocycles. The first-order valence-corrected chi connectivity index (χ1v) is 6.99. The van der Waals surface area contributed by atoms with E-state index >= 15 is 0 Å². The molecule has 2 N–H and O–H groups in total. The molecule has 20 heavy (non-hydrogen) atoms. The minimum Gasteiger partial charge on any atom is -0.325 e. The summed E-state index contributed by atoms with van der Waals surface area (Å²) in [6.07, 6.45) is 2.11. The quantitative estimate of drug-likeness (QED) is 0.872. The molecule has 1 aromatic rings. The molecule has 1 aromatic carbocycles. The van der Waals surface area contributed by atoms with Gasteiger partial charge >= 0.3 is 0 Å². The highest BCUT2D eigenvalue weighted by atomic mass is 35.5. The minimum atomic E-state index is 0. The zero-order valence-corrected chi connectivity index (χ0v) is 13.0. The third-order valence-corrected chi connectivity index (χ3v) is 3.67. The number of anilines is 1. The molecule has 0 spiro atoms. The molecule has 4 nitrogen and oxygen atoms in total. The first kappa shape index (κ1) is 17.0. The van der Waals surface area contributed by atoms with Crippen LogP contribution >= 0.6 is 12.4 Å². The van der Waals surface area contributed by atoms with E-state index in [-0.39, 0.29) is 18.3 Å². The number of likely N-dealkylation sites (tertiary alicyclic amines) is 1. The van der Waals surface area contributed by atoms with E-state index in [0.717, 1.165) is 31.6 Å². The molecule has 0 aliphatic carbocycles. The lowest BCUT2D eigenvalue weighted by molar-refractivity contribution is -0.117. The van der Waals surface area contributed by atoms with Crippen LogP contribution in [0.4, 0.5) is 5.69 Å². The number of benzene rings is 1. The lowest BCUT2D eigenvalue weighted by Crippen LogP contribution is -2.34. The number of hydrogen-bond donors (Lipinski definition) is 2. The maximum absolute atomic E-state index is 12.0. The Morgan fingerprint density at radius 2 is 2.25 bits per heavy atom. The van der Waals surface area contributed by atoms with Crippen molar-refractivity contribution in [3.8, 4) is 0 Å². The summed E-state index contributed by atoms with van der Waals surface area (Å²) >= 11 is 0. The molecule has 0 radical (unpaired) electrons. The molecule has 112 valence electrons. The van der Waals surface area contributed by atoms with E-state index in [1.807, 2.05) is 25.2 Å². The van der Waals surface area contributed by atoms with Crippen molar-refractivity contribution >= 4 is 24.0 Å². The van der Waals surface area contributed by atoms with E-state index in [9.17, 15) is 4.79 Å². The van der Waals surface area contributed by atoms with E-state index in [2.05, 4.69) is 28.5 Å². The Labute approximate surface area is 127 Å². The number of hydrogen-bond acceptors (Lipinski definition) is 3. The van der Waals surface area contributed by atoms with Gasteiger partial charge in [0, 0.05) is 24.8 Å². The molecule has 1 saturated heterocycles. The highest BCUT2D eigenvalue weighted by Gasteiger charge is 2.22. The summed E-state index contributed by atoms with van der Waals surface area (Å²) in [5.41, 5.74) is 2.14. The molecule has 1 unspecified atom stereocenters. The number of nitrogens with zero attached hydrogens (tertiary/aromatic N) is 1. The molecule has 1 aliphatic rings. The van der Waals surface area contributed by atoms with Gasteiger partial charge in [-0.05, 0) is 37.6 Å². The SMILES string of the molecule is CCc1cccc(NC(=O)CN2CCC(NC)C2)c1.Cl. The second-order valence-corrected chi connectivity index (χ2v) is 5.11. The third kappa shape index (κ3) is 4.78. The first-order valence-electron chi connectivity index (χ1n) is 6.99. The van der Waals surface area contributed by atoms with Gasteiger partial charge in [0.15, 0.2) is 0 Å². The normalized spacial score (nSPS) is 18.6. The third-order valence-electron chi connectivity index (χ3n) is 3.67. The zero-order chi connectivity index (χ0) is 13.7. The van der Waals surface area contributed by atoms with Gasteiger partial charge in [0.2, 0.25) is 5.91 Å². The van der Waals surface area contributed by atoms with Gasteiger partial charge in [-0.2, -0.15) is 0 Å². The van der Waals surface area contributed by atoms with Crippen LogP contribution in [0.3, 0.4) is 0 Å². The van der Waals surface area contributed by atoms with Crippen LogP contribution in [-0.4, -0.2) is 43.5 Å². The number of carbonyl (C=O) groups is 1. The summed E-state index contributed by atoms with van der Waals surface area (Å²) in [4.78, 5) is 14.2. The number of nitrogens with one attached hydrogen (secondary N) is 2. The molecule has 1 heterocycles. The fourth-order valence-corrected chi connectivity index (χ4v) is 2.48. The summed E-state index contributed by atoms with van der Waals surface area (Å²) < 4.78 is 0. The predicted molar refractivity (Wildman–Crippen MR) is 85.6 cm³/mol. The summed E-state index contributed by atoms with van der Waals surface area (Å²) in [5, 5.41) is 6.23. The van der Waals surface area contributed by atoms with Crippen molar-refractivity contribution in [3.05, 3.63) is 29.8 Å². The van der Waals surface area contributed by atoms with Crippen LogP contribution in [0, 0.1) is 0 Å². The summed E-state index contributed by atoms with van der Waals surface area (Å²) in [7, 11) is 1.98. The van der Waals surface area contributed by atoms with Crippen molar-refractivity contribution in [2.75, 3.05) is 32.0 Å². The van der Waals surface area contributed by atoms with Gasteiger partial charge < -0.3 is 10.6 Å². The number of carbonyl (C=O) groups excluding carboxylic acids is 1. The summed E-state index contributed by atoms with van der Waals surface area (Å²) in [6, 6.07) is 8.57. The fraction of sp³-hybridized carbons (Fsp3) is 0.533. The van der Waals surface area contributed by atoms with Gasteiger partial charge in [-0.25, -0.2) is 0 Å². The monoisotopic (exact) mass is 297 g/mol. The van der Waals surface area contributed by atoms with Crippen LogP contribution in [0.15, 0.2) is 24.3 Å². The second-order valence-electron chi connectivity index (χ2n) is 5.11. The largest absolute Gasteiger partial charge is 0.325 e. The van der Waals surface area contributed by atoms with Crippen LogP contribution in [0.5, 0.6) is 0 Å². The van der Waals surface area contributed by atoms with E-state index in [1.165, 1.54) is 5.56 Å². The van der Waals surface area contributed by atoms with Crippen molar-refractivity contribution < 1.29 is 4.79 Å². The van der Waals surface area contributed by atoms with Gasteiger partial charge in [-0.1, -0.05) is 19.1 Å². The van der Waals surface area contributed by atoms with Crippen LogP contribution in [0.1, 0.15) is 18.9 Å². The van der Waals surface area contributed by atoms with E-state index in [4.69, 9.17) is 0 Å². The van der Waals surface area contributed by atoms with Crippen molar-refractivity contribution in [1.82, 2.24) is 10.2 Å². The Morgan fingerprint density at radius 3 is 2.90 bits per heavy atom. The number of halogens is 1. The Balaban J connectivity index is 0.00000200. The molecule has 1 amide bonds. The number of aryl methyl sites for hydroxylation is 1. The van der Waals surface area contributed by atoms with E-state index in [1.54, 1.807) is 0 Å². The predicted octanol–water partition coefficient (Wildman–Crippen LogP) is 1.90. The smallest absolute Gasteiger partial charge is 0.238 e. The Bertz CT molecular complexity index is 439. The molecule has 2 rings (SSSR count). The Hall–Kier alpha value is -1.10. The lowest BCUT2D eigenvalue weighted by atomic mass is 10.1. The van der Waals surface area contributed by atoms with Crippen LogP contribution in [0.2, 0.25) is 0 Å². The number of amides is 1. The van der Waals surface area contributed by atoms with Gasteiger partial charge in [-0.3, -0.25) is 9.69 Å². The van der Waals surface area contributed by atoms with Crippen molar-refractivity contribution in [2.24, 2.45) is 0 Å². The zero-order valence-electron chi connectivity index (χ0n) is 12.2. The van der Waals surface area contributed by atoms with E-state index < -0.39 is 0 Å². The van der Waals surface area contributed by atoms with Crippen LogP contribution in [-0.2, 0) is 11.2 Å². The highest BCUT2D eigenvalue weighted by molar-refractivity contribution is 5.92. The minimum absolute atomic E-state index is 0. The van der Waals surface area contributed by atoms with Crippen LogP contribution < -0.4 is 10.6 Å². The summed E-state index contributed by atoms with van der Waals surface area (Å²) in [6.45, 7) is 4.55. The van der Waals surface area contributed by atoms with Crippen molar-refractivity contribution in [1.29, 1.82) is 0 Å². The van der Waals surface area contributed by atoms with Crippen molar-refractivity contribution in [2.45, 2.75) is 25.8 Å². The molecule has 1 atom stereocenters. The molecule has 0 aromatic heterocycles. The van der Waals surface area contributed by atoms with Crippen LogP contribution in [0.25, 0.3) is 0 Å². The number of likely N-dealkylation sites (N-methyl/N-ethyl adjacent to an activating group) is 1. The molecule has 0 saturated carbocycles. The van der Waals surface area contributed by atoms with Gasteiger partial charge in [0.25, 0.3) is 0 Å². The maximum atomic E-state index is 12.0. The van der Waals surface area contributed by atoms with E-state index in [0.29, 0.717) is 12.6 Å². The maximum Gasteiger partial charge on any atom is 0.238 e. The molecular formula is C15H24ClN3O. The average Bonchev–Trinajstić information content (AvgIpc) is 2.86. The first-order chi connectivity index (χ1) is 9.21. The average molecular weight is 298 g/mol. The molecule has 0 bridgehead atoms. The lowest BCUT2D eigenvalue weighted by Gasteiger charge is -2.15.